The molecule has 0 aliphatic carbocycles. The maximum atomic E-state index is 11.9. The summed E-state index contributed by atoms with van der Waals surface area (Å²) in [6.45, 7) is 1.94. The van der Waals surface area contributed by atoms with Gasteiger partial charge in [0.15, 0.2) is 0 Å². The number of fused-ring (bicyclic) bond motifs is 1. The molecule has 2 aliphatic rings. The number of hydrogen-bond acceptors (Lipinski definition) is 4. The molecular weight excluding hydrogens is 290 g/mol. The van der Waals surface area contributed by atoms with Crippen LogP contribution in [0.2, 0.25) is 5.02 Å². The van der Waals surface area contributed by atoms with Gasteiger partial charge >= 0.3 is 0 Å². The van der Waals surface area contributed by atoms with Crippen molar-refractivity contribution in [1.82, 2.24) is 5.32 Å². The first-order valence-corrected chi connectivity index (χ1v) is 7.69. The summed E-state index contributed by atoms with van der Waals surface area (Å²) in [6.07, 6.45) is 2.10. The first-order chi connectivity index (χ1) is 10.1. The number of carbonyl (C=O) groups excluding carboxylic acids is 1. The van der Waals surface area contributed by atoms with Gasteiger partial charge in [0.25, 0.3) is 0 Å². The Kier molecular flexibility index (Phi) is 4.06. The second-order valence-corrected chi connectivity index (χ2v) is 6.15. The van der Waals surface area contributed by atoms with Gasteiger partial charge in [0, 0.05) is 30.9 Å². The highest BCUT2D eigenvalue weighted by atomic mass is 35.5. The van der Waals surface area contributed by atoms with E-state index in [1.807, 2.05) is 12.1 Å². The Labute approximate surface area is 129 Å². The monoisotopic (exact) mass is 309 g/mol. The Bertz CT molecular complexity index is 564. The minimum absolute atomic E-state index is 0.0485. The number of amides is 1. The number of nitrogens with zero attached hydrogens (tertiary/aromatic N) is 1. The Morgan fingerprint density at radius 2 is 2.33 bits per heavy atom. The molecular formula is C15H20ClN3O2. The number of nitrogens with one attached hydrogen (secondary N) is 2. The molecule has 0 radical (unpaired) electrons. The molecule has 1 aromatic rings. The molecule has 0 saturated carbocycles. The lowest BCUT2D eigenvalue weighted by molar-refractivity contribution is -0.117. The first-order valence-electron chi connectivity index (χ1n) is 7.31. The number of rotatable bonds is 3. The molecule has 3 N–H and O–H groups in total. The normalized spacial score (nSPS) is 24.9. The number of piperidine rings is 1. The highest BCUT2D eigenvalue weighted by Gasteiger charge is 2.31. The minimum atomic E-state index is -0.335. The van der Waals surface area contributed by atoms with Crippen LogP contribution in [0.25, 0.3) is 0 Å². The predicted molar refractivity (Wildman–Crippen MR) is 83.9 cm³/mol. The molecule has 114 valence electrons. The van der Waals surface area contributed by atoms with Crippen LogP contribution >= 0.6 is 11.6 Å². The van der Waals surface area contributed by atoms with Crippen molar-refractivity contribution in [3.8, 4) is 0 Å². The minimum Gasteiger partial charge on any atom is -0.396 e. The molecule has 21 heavy (non-hydrogen) atoms. The van der Waals surface area contributed by atoms with Crippen LogP contribution in [0.15, 0.2) is 12.1 Å². The molecule has 2 aliphatic heterocycles. The molecule has 2 unspecified atom stereocenters. The lowest BCUT2D eigenvalue weighted by Gasteiger charge is -2.34. The van der Waals surface area contributed by atoms with E-state index in [1.165, 1.54) is 0 Å². The zero-order valence-corrected chi connectivity index (χ0v) is 12.8. The quantitative estimate of drug-likeness (QED) is 0.796. The summed E-state index contributed by atoms with van der Waals surface area (Å²) >= 11 is 6.43. The summed E-state index contributed by atoms with van der Waals surface area (Å²) in [6, 6.07) is 3.48. The summed E-state index contributed by atoms with van der Waals surface area (Å²) in [5.41, 5.74) is 2.66. The Hall–Kier alpha value is -1.30. The SMILES string of the molecule is CNC1C(=O)Nc2cc(N3CCCC(CO)C3)c(Cl)cc21. The van der Waals surface area contributed by atoms with Crippen LogP contribution in [0.5, 0.6) is 0 Å². The summed E-state index contributed by atoms with van der Waals surface area (Å²) in [4.78, 5) is 14.1. The van der Waals surface area contributed by atoms with Gasteiger partial charge < -0.3 is 20.6 Å². The molecule has 1 saturated heterocycles. The van der Waals surface area contributed by atoms with Crippen LogP contribution in [-0.2, 0) is 4.79 Å². The predicted octanol–water partition coefficient (Wildman–Crippen LogP) is 1.76. The smallest absolute Gasteiger partial charge is 0.246 e. The highest BCUT2D eigenvalue weighted by Crippen LogP contribution is 2.39. The zero-order valence-electron chi connectivity index (χ0n) is 12.0. The number of aliphatic hydroxyl groups is 1. The number of likely N-dealkylation sites (N-methyl/N-ethyl adjacent to an activating group) is 1. The summed E-state index contributed by atoms with van der Waals surface area (Å²) < 4.78 is 0. The summed E-state index contributed by atoms with van der Waals surface area (Å²) in [7, 11) is 1.76. The molecule has 1 aromatic carbocycles. The third-order valence-electron chi connectivity index (χ3n) is 4.36. The van der Waals surface area contributed by atoms with Crippen molar-refractivity contribution in [3.05, 3.63) is 22.7 Å². The third-order valence-corrected chi connectivity index (χ3v) is 4.66. The van der Waals surface area contributed by atoms with Gasteiger partial charge in [0.2, 0.25) is 5.91 Å². The molecule has 3 rings (SSSR count). The van der Waals surface area contributed by atoms with Crippen molar-refractivity contribution in [1.29, 1.82) is 0 Å². The van der Waals surface area contributed by atoms with E-state index in [4.69, 9.17) is 11.6 Å². The van der Waals surface area contributed by atoms with Gasteiger partial charge in [-0.15, -0.1) is 0 Å². The van der Waals surface area contributed by atoms with E-state index in [0.717, 1.165) is 42.9 Å². The molecule has 5 nitrogen and oxygen atoms in total. The molecule has 2 heterocycles. The van der Waals surface area contributed by atoms with Gasteiger partial charge in [0.1, 0.15) is 6.04 Å². The fraction of sp³-hybridized carbons (Fsp3) is 0.533. The van der Waals surface area contributed by atoms with Gasteiger partial charge in [-0.2, -0.15) is 0 Å². The van der Waals surface area contributed by atoms with Gasteiger partial charge in [-0.25, -0.2) is 0 Å². The van der Waals surface area contributed by atoms with Gasteiger partial charge in [0.05, 0.1) is 10.7 Å². The van der Waals surface area contributed by atoms with Crippen molar-refractivity contribution < 1.29 is 9.90 Å². The van der Waals surface area contributed by atoms with Crippen LogP contribution < -0.4 is 15.5 Å². The average Bonchev–Trinajstić information content (AvgIpc) is 2.80. The Balaban J connectivity index is 1.91. The van der Waals surface area contributed by atoms with E-state index in [9.17, 15) is 9.90 Å². The first kappa shape index (κ1) is 14.6. The topological polar surface area (TPSA) is 64.6 Å². The second kappa shape index (κ2) is 5.83. The summed E-state index contributed by atoms with van der Waals surface area (Å²) in [5.74, 6) is 0.246. The number of benzene rings is 1. The maximum Gasteiger partial charge on any atom is 0.246 e. The lowest BCUT2D eigenvalue weighted by atomic mass is 9.98. The zero-order chi connectivity index (χ0) is 15.0. The maximum absolute atomic E-state index is 11.9. The molecule has 1 fully saturated rings. The number of hydrogen-bond donors (Lipinski definition) is 3. The highest BCUT2D eigenvalue weighted by molar-refractivity contribution is 6.33. The molecule has 6 heteroatoms. The van der Waals surface area contributed by atoms with E-state index in [0.29, 0.717) is 10.9 Å². The van der Waals surface area contributed by atoms with Crippen molar-refractivity contribution >= 4 is 28.9 Å². The van der Waals surface area contributed by atoms with E-state index >= 15 is 0 Å². The second-order valence-electron chi connectivity index (χ2n) is 5.74. The number of aliphatic hydroxyl groups excluding tert-OH is 1. The average molecular weight is 310 g/mol. The van der Waals surface area contributed by atoms with Crippen LogP contribution in [0, 0.1) is 5.92 Å². The molecule has 2 atom stereocenters. The van der Waals surface area contributed by atoms with Crippen molar-refractivity contribution in [2.45, 2.75) is 18.9 Å². The van der Waals surface area contributed by atoms with Crippen molar-refractivity contribution in [2.75, 3.05) is 37.0 Å². The molecule has 0 aromatic heterocycles. The van der Waals surface area contributed by atoms with Gasteiger partial charge in [-0.05, 0) is 37.9 Å². The van der Waals surface area contributed by atoms with Crippen LogP contribution in [0.4, 0.5) is 11.4 Å². The standard InChI is InChI=1S/C15H20ClN3O2/c1-17-14-10-5-11(16)13(6-12(10)18-15(14)21)19-4-2-3-9(7-19)8-20/h5-6,9,14,17,20H,2-4,7-8H2,1H3,(H,18,21). The van der Waals surface area contributed by atoms with E-state index in [1.54, 1.807) is 7.05 Å². The Morgan fingerprint density at radius 3 is 3.05 bits per heavy atom. The fourth-order valence-corrected chi connectivity index (χ4v) is 3.52. The largest absolute Gasteiger partial charge is 0.396 e. The number of anilines is 2. The lowest BCUT2D eigenvalue weighted by Crippen LogP contribution is -2.37. The van der Waals surface area contributed by atoms with Crippen LogP contribution in [0.1, 0.15) is 24.4 Å². The third kappa shape index (κ3) is 2.61. The van der Waals surface area contributed by atoms with Crippen LogP contribution in [-0.4, -0.2) is 37.8 Å². The van der Waals surface area contributed by atoms with E-state index in [-0.39, 0.29) is 18.6 Å². The fourth-order valence-electron chi connectivity index (χ4n) is 3.23. The van der Waals surface area contributed by atoms with Crippen LogP contribution in [0.3, 0.4) is 0 Å². The summed E-state index contributed by atoms with van der Waals surface area (Å²) in [5, 5.41) is 15.9. The van der Waals surface area contributed by atoms with Gasteiger partial charge in [-0.1, -0.05) is 11.6 Å². The molecule has 0 bridgehead atoms. The Morgan fingerprint density at radius 1 is 1.52 bits per heavy atom. The van der Waals surface area contributed by atoms with Crippen molar-refractivity contribution in [2.24, 2.45) is 5.92 Å². The van der Waals surface area contributed by atoms with E-state index < -0.39 is 0 Å². The van der Waals surface area contributed by atoms with Crippen molar-refractivity contribution in [3.63, 3.8) is 0 Å². The number of carbonyl (C=O) groups is 1. The van der Waals surface area contributed by atoms with Gasteiger partial charge in [-0.3, -0.25) is 4.79 Å². The molecule has 0 spiro atoms. The number of halogens is 1. The molecule has 1 amide bonds. The van der Waals surface area contributed by atoms with E-state index in [2.05, 4.69) is 15.5 Å².